The Bertz CT molecular complexity index is 647. The fourth-order valence-corrected chi connectivity index (χ4v) is 2.01. The highest BCUT2D eigenvalue weighted by Gasteiger charge is 2.39. The van der Waals surface area contributed by atoms with E-state index in [1.807, 2.05) is 0 Å². The Morgan fingerprint density at radius 1 is 1.40 bits per heavy atom. The predicted octanol–water partition coefficient (Wildman–Crippen LogP) is 1.82. The van der Waals surface area contributed by atoms with Gasteiger partial charge in [-0.05, 0) is 9.91 Å². The molecule has 8 nitrogen and oxygen atoms in total. The van der Waals surface area contributed by atoms with E-state index in [0.717, 1.165) is 7.11 Å². The first-order valence-electron chi connectivity index (χ1n) is 4.39. The van der Waals surface area contributed by atoms with Gasteiger partial charge in [0.15, 0.2) is 11.1 Å². The third kappa shape index (κ3) is 3.60. The number of hydrogen-bond acceptors (Lipinski definition) is 7. The molecule has 1 rings (SSSR count). The van der Waals surface area contributed by atoms with Crippen molar-refractivity contribution < 1.29 is 36.0 Å². The Kier molecular flexibility index (Phi) is 4.29. The molecule has 0 bridgehead atoms. The third-order valence-corrected chi connectivity index (χ3v) is 3.11. The Hall–Kier alpha value is -1.82. The summed E-state index contributed by atoms with van der Waals surface area (Å²) in [6.07, 6.45) is -5.05. The summed E-state index contributed by atoms with van der Waals surface area (Å²) in [4.78, 5) is 11.3. The molecule has 0 atom stereocenters. The fraction of sp³-hybridized carbons (Fsp3) is 0.286. The minimum Gasteiger partial charge on any atom is -0.486 e. The van der Waals surface area contributed by atoms with Gasteiger partial charge in [-0.1, -0.05) is 0 Å². The van der Waals surface area contributed by atoms with E-state index in [-0.39, 0.29) is 6.20 Å². The summed E-state index contributed by atoms with van der Waals surface area (Å²) in [5.74, 6) is -3.73. The van der Waals surface area contributed by atoms with Gasteiger partial charge in [-0.2, -0.15) is 0 Å². The van der Waals surface area contributed by atoms with Crippen LogP contribution in [0.15, 0.2) is 11.1 Å². The molecule has 0 amide bonds. The second-order valence-corrected chi connectivity index (χ2v) is 5.59. The SMILES string of the molecule is COc1c([N+](=O)[O-])ncc(S(=O)(=O)Cl)c1OC(F)(F)F. The highest BCUT2D eigenvalue weighted by atomic mass is 35.7. The number of aromatic nitrogens is 1. The molecule has 1 aromatic heterocycles. The number of methoxy groups -OCH3 is 1. The summed E-state index contributed by atoms with van der Waals surface area (Å²) in [6, 6.07) is 0. The monoisotopic (exact) mass is 336 g/mol. The van der Waals surface area contributed by atoms with Crippen molar-refractivity contribution in [2.45, 2.75) is 11.3 Å². The highest BCUT2D eigenvalue weighted by Crippen LogP contribution is 2.43. The highest BCUT2D eigenvalue weighted by molar-refractivity contribution is 8.13. The van der Waals surface area contributed by atoms with Gasteiger partial charge in [-0.25, -0.2) is 8.42 Å². The number of alkyl halides is 3. The Morgan fingerprint density at radius 2 is 1.95 bits per heavy atom. The van der Waals surface area contributed by atoms with E-state index in [1.165, 1.54) is 0 Å². The summed E-state index contributed by atoms with van der Waals surface area (Å²) < 4.78 is 66.8. The largest absolute Gasteiger partial charge is 0.573 e. The van der Waals surface area contributed by atoms with E-state index < -0.39 is 42.5 Å². The zero-order chi connectivity index (χ0) is 15.7. The quantitative estimate of drug-likeness (QED) is 0.468. The average Bonchev–Trinajstić information content (AvgIpc) is 2.24. The second-order valence-electron chi connectivity index (χ2n) is 3.05. The summed E-state index contributed by atoms with van der Waals surface area (Å²) in [6.45, 7) is 0. The average molecular weight is 337 g/mol. The molecule has 0 radical (unpaired) electrons. The van der Waals surface area contributed by atoms with Crippen molar-refractivity contribution in [3.63, 3.8) is 0 Å². The van der Waals surface area contributed by atoms with Gasteiger partial charge in [-0.3, -0.25) is 0 Å². The van der Waals surface area contributed by atoms with Crippen LogP contribution in [0, 0.1) is 10.1 Å². The maximum Gasteiger partial charge on any atom is 0.573 e. The maximum absolute atomic E-state index is 12.3. The molecule has 0 spiro atoms. The Balaban J connectivity index is 3.69. The lowest BCUT2D eigenvalue weighted by molar-refractivity contribution is -0.390. The van der Waals surface area contributed by atoms with Gasteiger partial charge >= 0.3 is 12.2 Å². The second kappa shape index (κ2) is 5.28. The lowest BCUT2D eigenvalue weighted by Crippen LogP contribution is -2.19. The summed E-state index contributed by atoms with van der Waals surface area (Å²) in [5.41, 5.74) is 0. The minimum absolute atomic E-state index is 0.268. The lowest BCUT2D eigenvalue weighted by atomic mass is 10.4. The molecule has 0 aliphatic carbocycles. The molecule has 0 unspecified atom stereocenters. The molecule has 0 N–H and O–H groups in total. The van der Waals surface area contributed by atoms with E-state index in [4.69, 9.17) is 10.7 Å². The van der Waals surface area contributed by atoms with Crippen molar-refractivity contribution in [3.05, 3.63) is 16.3 Å². The van der Waals surface area contributed by atoms with Gasteiger partial charge in [-0.15, -0.1) is 13.2 Å². The molecule has 1 aromatic rings. The molecule has 20 heavy (non-hydrogen) atoms. The molecule has 0 saturated carbocycles. The Morgan fingerprint density at radius 3 is 2.30 bits per heavy atom. The van der Waals surface area contributed by atoms with Gasteiger partial charge in [0.25, 0.3) is 14.8 Å². The molecular formula is C7H4ClF3N2O6S. The Labute approximate surface area is 113 Å². The number of nitrogens with zero attached hydrogens (tertiary/aromatic N) is 2. The van der Waals surface area contributed by atoms with E-state index in [9.17, 15) is 31.7 Å². The number of halogens is 4. The van der Waals surface area contributed by atoms with Crippen molar-refractivity contribution in [2.75, 3.05) is 7.11 Å². The number of pyridine rings is 1. The summed E-state index contributed by atoms with van der Waals surface area (Å²) >= 11 is 0. The van der Waals surface area contributed by atoms with E-state index in [2.05, 4.69) is 14.5 Å². The van der Waals surface area contributed by atoms with Crippen LogP contribution < -0.4 is 9.47 Å². The van der Waals surface area contributed by atoms with E-state index in [1.54, 1.807) is 0 Å². The maximum atomic E-state index is 12.3. The fourth-order valence-electron chi connectivity index (χ4n) is 1.15. The van der Waals surface area contributed by atoms with Crippen LogP contribution >= 0.6 is 10.7 Å². The van der Waals surface area contributed by atoms with Crippen LogP contribution in [0.2, 0.25) is 0 Å². The molecule has 0 fully saturated rings. The normalized spacial score (nSPS) is 12.1. The molecule has 0 saturated heterocycles. The van der Waals surface area contributed by atoms with Crippen molar-refractivity contribution in [3.8, 4) is 11.5 Å². The van der Waals surface area contributed by atoms with Crippen LogP contribution in [-0.4, -0.2) is 31.8 Å². The van der Waals surface area contributed by atoms with E-state index in [0.29, 0.717) is 0 Å². The van der Waals surface area contributed by atoms with Gasteiger partial charge in [0.2, 0.25) is 5.75 Å². The number of nitro groups is 1. The molecule has 0 aliphatic rings. The van der Waals surface area contributed by atoms with Crippen LogP contribution in [0.25, 0.3) is 0 Å². The van der Waals surface area contributed by atoms with E-state index >= 15 is 0 Å². The summed E-state index contributed by atoms with van der Waals surface area (Å²) in [5, 5.41) is 10.6. The van der Waals surface area contributed by atoms with Gasteiger partial charge in [0.05, 0.1) is 7.11 Å². The van der Waals surface area contributed by atoms with Crippen LogP contribution in [-0.2, 0) is 9.05 Å². The lowest BCUT2D eigenvalue weighted by Gasteiger charge is -2.13. The zero-order valence-electron chi connectivity index (χ0n) is 9.34. The van der Waals surface area contributed by atoms with Crippen molar-refractivity contribution in [1.82, 2.24) is 4.98 Å². The predicted molar refractivity (Wildman–Crippen MR) is 57.2 cm³/mol. The molecule has 112 valence electrons. The molecule has 1 heterocycles. The topological polar surface area (TPSA) is 109 Å². The number of rotatable bonds is 4. The minimum atomic E-state index is -5.32. The molecule has 13 heteroatoms. The van der Waals surface area contributed by atoms with Crippen molar-refractivity contribution >= 4 is 25.6 Å². The van der Waals surface area contributed by atoms with Crippen molar-refractivity contribution in [1.29, 1.82) is 0 Å². The molecular weight excluding hydrogens is 333 g/mol. The number of ether oxygens (including phenoxy) is 2. The third-order valence-electron chi connectivity index (χ3n) is 1.79. The molecule has 0 aliphatic heterocycles. The first-order chi connectivity index (χ1) is 8.97. The zero-order valence-corrected chi connectivity index (χ0v) is 10.9. The van der Waals surface area contributed by atoms with Gasteiger partial charge in [0, 0.05) is 10.7 Å². The van der Waals surface area contributed by atoms with Gasteiger partial charge < -0.3 is 19.6 Å². The number of hydrogen-bond donors (Lipinski definition) is 0. The van der Waals surface area contributed by atoms with Crippen LogP contribution in [0.3, 0.4) is 0 Å². The smallest absolute Gasteiger partial charge is 0.486 e. The van der Waals surface area contributed by atoms with Crippen LogP contribution in [0.5, 0.6) is 11.5 Å². The van der Waals surface area contributed by atoms with Crippen LogP contribution in [0.1, 0.15) is 0 Å². The standard InChI is InChI=1S/C7H4ClF3N2O6S/c1-18-5-4(19-7(9,10)11)3(20(8,16)17)2-12-6(5)13(14)15/h2H,1H3. The van der Waals surface area contributed by atoms with Crippen molar-refractivity contribution in [2.24, 2.45) is 0 Å². The first kappa shape index (κ1) is 16.2. The molecule has 0 aromatic carbocycles. The summed E-state index contributed by atoms with van der Waals surface area (Å²) in [7, 11) is 0.990. The van der Waals surface area contributed by atoms with Crippen LogP contribution in [0.4, 0.5) is 19.0 Å². The van der Waals surface area contributed by atoms with Gasteiger partial charge in [0.1, 0.15) is 0 Å². The first-order valence-corrected chi connectivity index (χ1v) is 6.70.